The molecule has 1 fully saturated rings. The smallest absolute Gasteiger partial charge is 0.0626 e. The normalized spacial score (nSPS) is 19.5. The highest BCUT2D eigenvalue weighted by Crippen LogP contribution is 2.30. The van der Waals surface area contributed by atoms with E-state index in [-0.39, 0.29) is 5.60 Å². The van der Waals surface area contributed by atoms with Gasteiger partial charge in [-0.3, -0.25) is 0 Å². The first-order valence-corrected chi connectivity index (χ1v) is 6.88. The van der Waals surface area contributed by atoms with Crippen molar-refractivity contribution in [3.63, 3.8) is 0 Å². The van der Waals surface area contributed by atoms with E-state index in [9.17, 15) is 0 Å². The fraction of sp³-hybridized carbons (Fsp3) is 1.00. The maximum absolute atomic E-state index is 5.90. The maximum Gasteiger partial charge on any atom is 0.0626 e. The van der Waals surface area contributed by atoms with Gasteiger partial charge in [0.15, 0.2) is 0 Å². The highest BCUT2D eigenvalue weighted by molar-refractivity contribution is 4.78. The molecule has 0 aliphatic heterocycles. The monoisotopic (exact) mass is 227 g/mol. The van der Waals surface area contributed by atoms with Gasteiger partial charge in [-0.15, -0.1) is 0 Å². The molecule has 2 heteroatoms. The van der Waals surface area contributed by atoms with Gasteiger partial charge >= 0.3 is 0 Å². The molecule has 1 unspecified atom stereocenters. The van der Waals surface area contributed by atoms with Gasteiger partial charge in [0.2, 0.25) is 0 Å². The fourth-order valence-corrected chi connectivity index (χ4v) is 2.04. The third-order valence-electron chi connectivity index (χ3n) is 3.24. The highest BCUT2D eigenvalue weighted by atomic mass is 16.5. The van der Waals surface area contributed by atoms with Crippen molar-refractivity contribution in [2.24, 2.45) is 5.92 Å². The molecule has 0 heterocycles. The summed E-state index contributed by atoms with van der Waals surface area (Å²) in [6.45, 7) is 10.6. The van der Waals surface area contributed by atoms with Crippen LogP contribution >= 0.6 is 0 Å². The Morgan fingerprint density at radius 3 is 2.44 bits per heavy atom. The van der Waals surface area contributed by atoms with E-state index in [0.29, 0.717) is 6.04 Å². The molecule has 0 aromatic carbocycles. The lowest BCUT2D eigenvalue weighted by atomic mass is 9.81. The van der Waals surface area contributed by atoms with Crippen molar-refractivity contribution >= 4 is 0 Å². The van der Waals surface area contributed by atoms with Gasteiger partial charge in [-0.05, 0) is 46.1 Å². The molecule has 0 amide bonds. The molecule has 0 radical (unpaired) electrons. The van der Waals surface area contributed by atoms with Gasteiger partial charge in [0.25, 0.3) is 0 Å². The van der Waals surface area contributed by atoms with Crippen molar-refractivity contribution < 1.29 is 4.74 Å². The summed E-state index contributed by atoms with van der Waals surface area (Å²) in [4.78, 5) is 0. The lowest BCUT2D eigenvalue weighted by Gasteiger charge is -2.32. The van der Waals surface area contributed by atoms with E-state index < -0.39 is 0 Å². The summed E-state index contributed by atoms with van der Waals surface area (Å²) in [6.07, 6.45) is 6.80. The van der Waals surface area contributed by atoms with Crippen molar-refractivity contribution in [2.75, 3.05) is 13.2 Å². The molecule has 96 valence electrons. The molecule has 0 bridgehead atoms. The summed E-state index contributed by atoms with van der Waals surface area (Å²) in [5, 5.41) is 3.62. The molecule has 1 N–H and O–H groups in total. The molecule has 1 saturated carbocycles. The number of hydrogen-bond acceptors (Lipinski definition) is 2. The Kier molecular flexibility index (Phi) is 5.77. The second-order valence-corrected chi connectivity index (χ2v) is 6.11. The Morgan fingerprint density at radius 2 is 2.00 bits per heavy atom. The van der Waals surface area contributed by atoms with E-state index in [2.05, 4.69) is 33.0 Å². The van der Waals surface area contributed by atoms with Crippen molar-refractivity contribution in [3.05, 3.63) is 0 Å². The zero-order chi connectivity index (χ0) is 12.0. The first-order chi connectivity index (χ1) is 7.51. The van der Waals surface area contributed by atoms with Crippen molar-refractivity contribution in [2.45, 2.75) is 71.4 Å². The van der Waals surface area contributed by atoms with Crippen LogP contribution in [0.3, 0.4) is 0 Å². The van der Waals surface area contributed by atoms with Crippen LogP contribution in [0.25, 0.3) is 0 Å². The average Bonchev–Trinajstić information content (AvgIpc) is 2.12. The largest absolute Gasteiger partial charge is 0.374 e. The molecule has 0 aromatic heterocycles. The lowest BCUT2D eigenvalue weighted by molar-refractivity contribution is -0.0188. The van der Waals surface area contributed by atoms with E-state index in [1.165, 1.54) is 32.1 Å². The number of ether oxygens (including phenoxy) is 1. The van der Waals surface area contributed by atoms with E-state index in [1.54, 1.807) is 0 Å². The van der Waals surface area contributed by atoms with Gasteiger partial charge in [-0.25, -0.2) is 0 Å². The molecule has 16 heavy (non-hydrogen) atoms. The Hall–Kier alpha value is -0.0800. The molecule has 1 atom stereocenters. The van der Waals surface area contributed by atoms with Gasteiger partial charge in [0, 0.05) is 6.04 Å². The van der Waals surface area contributed by atoms with Crippen LogP contribution in [0.4, 0.5) is 0 Å². The van der Waals surface area contributed by atoms with E-state index in [0.717, 1.165) is 19.1 Å². The summed E-state index contributed by atoms with van der Waals surface area (Å²) in [5.74, 6) is 0.956. The third-order valence-corrected chi connectivity index (χ3v) is 3.24. The zero-order valence-corrected chi connectivity index (χ0v) is 11.5. The quantitative estimate of drug-likeness (QED) is 0.720. The topological polar surface area (TPSA) is 21.3 Å². The Labute approximate surface area is 101 Å². The minimum atomic E-state index is -0.00818. The second-order valence-electron chi connectivity index (χ2n) is 6.11. The van der Waals surface area contributed by atoms with Crippen LogP contribution in [0.5, 0.6) is 0 Å². The summed E-state index contributed by atoms with van der Waals surface area (Å²) >= 11 is 0. The molecule has 2 nitrogen and oxygen atoms in total. The van der Waals surface area contributed by atoms with Crippen molar-refractivity contribution in [3.8, 4) is 0 Å². The highest BCUT2D eigenvalue weighted by Gasteiger charge is 2.23. The first kappa shape index (κ1) is 14.0. The Balaban J connectivity index is 2.24. The van der Waals surface area contributed by atoms with E-state index >= 15 is 0 Å². The van der Waals surface area contributed by atoms with Crippen LogP contribution in [0.15, 0.2) is 0 Å². The van der Waals surface area contributed by atoms with Crippen LogP contribution in [-0.2, 0) is 4.74 Å². The van der Waals surface area contributed by atoms with Gasteiger partial charge in [0.1, 0.15) is 0 Å². The molecular formula is C14H29NO. The zero-order valence-electron chi connectivity index (χ0n) is 11.5. The van der Waals surface area contributed by atoms with Crippen LogP contribution in [-0.4, -0.2) is 24.8 Å². The summed E-state index contributed by atoms with van der Waals surface area (Å²) in [5.41, 5.74) is -0.00818. The molecule has 1 aliphatic rings. The Morgan fingerprint density at radius 1 is 1.31 bits per heavy atom. The number of hydrogen-bond donors (Lipinski definition) is 1. The molecular weight excluding hydrogens is 198 g/mol. The fourth-order valence-electron chi connectivity index (χ4n) is 2.04. The third kappa shape index (κ3) is 5.86. The predicted octanol–water partition coefficient (Wildman–Crippen LogP) is 3.36. The van der Waals surface area contributed by atoms with Gasteiger partial charge in [-0.1, -0.05) is 26.2 Å². The molecule has 0 saturated heterocycles. The van der Waals surface area contributed by atoms with Gasteiger partial charge < -0.3 is 10.1 Å². The number of nitrogens with one attached hydrogen (secondary N) is 1. The lowest BCUT2D eigenvalue weighted by Crippen LogP contribution is -2.39. The summed E-state index contributed by atoms with van der Waals surface area (Å²) in [6, 6.07) is 0.560. The first-order valence-electron chi connectivity index (χ1n) is 6.88. The van der Waals surface area contributed by atoms with E-state index in [1.807, 2.05) is 0 Å². The summed E-state index contributed by atoms with van der Waals surface area (Å²) in [7, 11) is 0. The van der Waals surface area contributed by atoms with Crippen LogP contribution in [0.1, 0.15) is 59.8 Å². The second kappa shape index (κ2) is 6.61. The standard InChI is InChI=1S/C14H29NO/c1-5-9-15-13(10-12-7-6-8-12)11-16-14(2,3)4/h12-13,15H,5-11H2,1-4H3. The van der Waals surface area contributed by atoms with Crippen molar-refractivity contribution in [1.29, 1.82) is 0 Å². The average molecular weight is 227 g/mol. The van der Waals surface area contributed by atoms with Crippen LogP contribution in [0.2, 0.25) is 0 Å². The molecule has 0 aromatic rings. The summed E-state index contributed by atoms with van der Waals surface area (Å²) < 4.78 is 5.90. The van der Waals surface area contributed by atoms with Crippen LogP contribution < -0.4 is 5.32 Å². The van der Waals surface area contributed by atoms with Gasteiger partial charge in [0.05, 0.1) is 12.2 Å². The van der Waals surface area contributed by atoms with E-state index in [4.69, 9.17) is 4.74 Å². The minimum absolute atomic E-state index is 0.00818. The predicted molar refractivity (Wildman–Crippen MR) is 69.7 cm³/mol. The van der Waals surface area contributed by atoms with Crippen molar-refractivity contribution in [1.82, 2.24) is 5.32 Å². The SMILES string of the molecule is CCCNC(COC(C)(C)C)CC1CCC1. The minimum Gasteiger partial charge on any atom is -0.374 e. The molecule has 1 aliphatic carbocycles. The Bertz CT molecular complexity index is 182. The van der Waals surface area contributed by atoms with Gasteiger partial charge in [-0.2, -0.15) is 0 Å². The number of rotatable bonds is 7. The maximum atomic E-state index is 5.90. The van der Waals surface area contributed by atoms with Crippen LogP contribution in [0, 0.1) is 5.92 Å². The molecule has 0 spiro atoms. The molecule has 1 rings (SSSR count).